The van der Waals surface area contributed by atoms with Gasteiger partial charge in [-0.05, 0) is 35.7 Å². The molecule has 0 radical (unpaired) electrons. The van der Waals surface area contributed by atoms with E-state index in [4.69, 9.17) is 9.47 Å². The molecule has 0 spiro atoms. The summed E-state index contributed by atoms with van der Waals surface area (Å²) >= 11 is 0. The normalized spacial score (nSPS) is 11.8. The number of carbonyl (C=O) groups excluding carboxylic acids is 1. The van der Waals surface area contributed by atoms with E-state index in [1.54, 1.807) is 25.4 Å². The number of fused-ring (bicyclic) bond motifs is 1. The van der Waals surface area contributed by atoms with Crippen LogP contribution in [-0.2, 0) is 4.74 Å². The molecule has 0 bridgehead atoms. The molecule has 138 valence electrons. The Balaban J connectivity index is 1.82. The van der Waals surface area contributed by atoms with Gasteiger partial charge >= 0.3 is 5.97 Å². The van der Waals surface area contributed by atoms with Crippen molar-refractivity contribution in [3.8, 4) is 5.75 Å². The van der Waals surface area contributed by atoms with Gasteiger partial charge in [-0.3, -0.25) is 4.98 Å². The molecule has 1 aromatic heterocycles. The summed E-state index contributed by atoms with van der Waals surface area (Å²) in [6, 6.07) is 26.4. The van der Waals surface area contributed by atoms with Crippen LogP contribution in [-0.4, -0.2) is 18.1 Å². The lowest BCUT2D eigenvalue weighted by Gasteiger charge is -2.20. The van der Waals surface area contributed by atoms with Crippen molar-refractivity contribution >= 4 is 16.7 Å². The topological polar surface area (TPSA) is 48.4 Å². The van der Waals surface area contributed by atoms with Gasteiger partial charge in [0.25, 0.3) is 0 Å². The zero-order valence-corrected chi connectivity index (χ0v) is 15.4. The number of ether oxygens (including phenoxy) is 2. The van der Waals surface area contributed by atoms with Gasteiger partial charge in [-0.25, -0.2) is 4.79 Å². The van der Waals surface area contributed by atoms with Crippen LogP contribution < -0.4 is 4.74 Å². The molecule has 4 rings (SSSR count). The molecule has 3 aromatic carbocycles. The van der Waals surface area contributed by atoms with E-state index in [1.807, 2.05) is 72.8 Å². The fourth-order valence-electron chi connectivity index (χ4n) is 3.19. The summed E-state index contributed by atoms with van der Waals surface area (Å²) in [4.78, 5) is 17.4. The molecule has 4 aromatic rings. The molecular weight excluding hydrogens is 350 g/mol. The molecule has 0 saturated carbocycles. The lowest BCUT2D eigenvalue weighted by Crippen LogP contribution is -2.14. The van der Waals surface area contributed by atoms with E-state index in [2.05, 4.69) is 4.98 Å². The first-order chi connectivity index (χ1) is 13.8. The largest absolute Gasteiger partial charge is 0.497 e. The molecule has 1 atom stereocenters. The zero-order valence-electron chi connectivity index (χ0n) is 15.4. The van der Waals surface area contributed by atoms with Crippen molar-refractivity contribution in [1.82, 2.24) is 4.98 Å². The molecule has 1 unspecified atom stereocenters. The van der Waals surface area contributed by atoms with Gasteiger partial charge in [0, 0.05) is 17.1 Å². The van der Waals surface area contributed by atoms with Crippen molar-refractivity contribution < 1.29 is 14.3 Å². The fraction of sp³-hybridized carbons (Fsp3) is 0.0833. The van der Waals surface area contributed by atoms with E-state index in [9.17, 15) is 4.79 Å². The maximum atomic E-state index is 12.8. The molecule has 0 N–H and O–H groups in total. The van der Waals surface area contributed by atoms with Gasteiger partial charge in [0.15, 0.2) is 6.10 Å². The molecule has 28 heavy (non-hydrogen) atoms. The van der Waals surface area contributed by atoms with Gasteiger partial charge in [0.2, 0.25) is 0 Å². The first kappa shape index (κ1) is 17.7. The second kappa shape index (κ2) is 7.92. The van der Waals surface area contributed by atoms with Gasteiger partial charge in [-0.1, -0.05) is 54.6 Å². The fourth-order valence-corrected chi connectivity index (χ4v) is 3.19. The maximum absolute atomic E-state index is 12.8. The van der Waals surface area contributed by atoms with Gasteiger partial charge in [-0.15, -0.1) is 0 Å². The van der Waals surface area contributed by atoms with Gasteiger partial charge in [0.1, 0.15) is 5.75 Å². The summed E-state index contributed by atoms with van der Waals surface area (Å²) < 4.78 is 11.3. The molecule has 1 heterocycles. The minimum absolute atomic E-state index is 0.400. The van der Waals surface area contributed by atoms with Gasteiger partial charge in [-0.2, -0.15) is 0 Å². The highest BCUT2D eigenvalue weighted by Gasteiger charge is 2.24. The summed E-state index contributed by atoms with van der Waals surface area (Å²) in [5.74, 6) is 0.293. The molecule has 0 fully saturated rings. The zero-order chi connectivity index (χ0) is 19.3. The van der Waals surface area contributed by atoms with Crippen LogP contribution in [0, 0.1) is 0 Å². The average Bonchev–Trinajstić information content (AvgIpc) is 2.77. The number of methoxy groups -OCH3 is 1. The first-order valence-corrected chi connectivity index (χ1v) is 9.00. The standard InChI is InChI=1S/C24H19NO3/c1-27-20-12-7-11-19(16-20)23(28-24(26)18-9-3-2-4-10-18)22-21-13-6-5-8-17(21)14-15-25-22/h2-16,23H,1H3. The Hall–Kier alpha value is -3.66. The molecular formula is C24H19NO3. The van der Waals surface area contributed by atoms with E-state index in [-0.39, 0.29) is 0 Å². The molecule has 0 amide bonds. The number of benzene rings is 3. The van der Waals surface area contributed by atoms with Crippen LogP contribution in [0.1, 0.15) is 27.7 Å². The third-order valence-corrected chi connectivity index (χ3v) is 4.58. The number of pyridine rings is 1. The quantitative estimate of drug-likeness (QED) is 0.454. The molecule has 4 heteroatoms. The highest BCUT2D eigenvalue weighted by Crippen LogP contribution is 2.32. The lowest BCUT2D eigenvalue weighted by molar-refractivity contribution is 0.0373. The highest BCUT2D eigenvalue weighted by molar-refractivity contribution is 5.90. The van der Waals surface area contributed by atoms with Crippen LogP contribution in [0.3, 0.4) is 0 Å². The smallest absolute Gasteiger partial charge is 0.339 e. The lowest BCUT2D eigenvalue weighted by atomic mass is 10.0. The molecule has 4 nitrogen and oxygen atoms in total. The van der Waals surface area contributed by atoms with Crippen molar-refractivity contribution in [2.75, 3.05) is 7.11 Å². The Morgan fingerprint density at radius 2 is 1.68 bits per heavy atom. The summed E-state index contributed by atoms with van der Waals surface area (Å²) in [6.07, 6.45) is 1.08. The summed E-state index contributed by atoms with van der Waals surface area (Å²) in [6.45, 7) is 0. The van der Waals surface area contributed by atoms with Gasteiger partial charge < -0.3 is 9.47 Å². The van der Waals surface area contributed by atoms with Crippen molar-refractivity contribution in [3.63, 3.8) is 0 Å². The van der Waals surface area contributed by atoms with Crippen LogP contribution >= 0.6 is 0 Å². The number of esters is 1. The van der Waals surface area contributed by atoms with E-state index >= 15 is 0 Å². The third kappa shape index (κ3) is 3.58. The third-order valence-electron chi connectivity index (χ3n) is 4.58. The second-order valence-electron chi connectivity index (χ2n) is 6.35. The average molecular weight is 369 g/mol. The van der Waals surface area contributed by atoms with Crippen LogP contribution in [0.4, 0.5) is 0 Å². The van der Waals surface area contributed by atoms with Crippen molar-refractivity contribution in [2.45, 2.75) is 6.10 Å². The van der Waals surface area contributed by atoms with Crippen molar-refractivity contribution in [2.24, 2.45) is 0 Å². The Morgan fingerprint density at radius 3 is 2.50 bits per heavy atom. The Labute approximate surface area is 163 Å². The first-order valence-electron chi connectivity index (χ1n) is 9.00. The van der Waals surface area contributed by atoms with Crippen LogP contribution in [0.15, 0.2) is 91.1 Å². The number of aromatic nitrogens is 1. The Kier molecular flexibility index (Phi) is 5.02. The van der Waals surface area contributed by atoms with E-state index in [0.29, 0.717) is 17.0 Å². The monoisotopic (exact) mass is 369 g/mol. The maximum Gasteiger partial charge on any atom is 0.339 e. The minimum Gasteiger partial charge on any atom is -0.497 e. The van der Waals surface area contributed by atoms with Crippen LogP contribution in [0.25, 0.3) is 10.8 Å². The van der Waals surface area contributed by atoms with Gasteiger partial charge in [0.05, 0.1) is 18.4 Å². The van der Waals surface area contributed by atoms with E-state index < -0.39 is 12.1 Å². The van der Waals surface area contributed by atoms with Crippen LogP contribution in [0.2, 0.25) is 0 Å². The number of hydrogen-bond acceptors (Lipinski definition) is 4. The molecule has 0 aliphatic carbocycles. The minimum atomic E-state index is -0.658. The number of nitrogens with zero attached hydrogens (tertiary/aromatic N) is 1. The summed E-state index contributed by atoms with van der Waals surface area (Å²) in [5.41, 5.74) is 1.98. The predicted octanol–water partition coefficient (Wildman–Crippen LogP) is 5.19. The van der Waals surface area contributed by atoms with E-state index in [1.165, 1.54) is 0 Å². The Morgan fingerprint density at radius 1 is 0.893 bits per heavy atom. The van der Waals surface area contributed by atoms with Crippen molar-refractivity contribution in [3.05, 3.63) is 108 Å². The summed E-state index contributed by atoms with van der Waals surface area (Å²) in [5, 5.41) is 1.98. The highest BCUT2D eigenvalue weighted by atomic mass is 16.5. The number of hydrogen-bond donors (Lipinski definition) is 0. The molecule has 0 aliphatic heterocycles. The second-order valence-corrected chi connectivity index (χ2v) is 6.35. The Bertz CT molecular complexity index is 1100. The van der Waals surface area contributed by atoms with E-state index in [0.717, 1.165) is 16.3 Å². The number of carbonyl (C=O) groups is 1. The molecule has 0 aliphatic rings. The predicted molar refractivity (Wildman–Crippen MR) is 108 cm³/mol. The van der Waals surface area contributed by atoms with Crippen LogP contribution in [0.5, 0.6) is 5.75 Å². The van der Waals surface area contributed by atoms with Crippen molar-refractivity contribution in [1.29, 1.82) is 0 Å². The number of rotatable bonds is 5. The molecule has 0 saturated heterocycles. The SMILES string of the molecule is COc1cccc(C(OC(=O)c2ccccc2)c2nccc3ccccc23)c1. The summed E-state index contributed by atoms with van der Waals surface area (Å²) in [7, 11) is 1.61.